The molecule has 15 heavy (non-hydrogen) atoms. The van der Waals surface area contributed by atoms with Gasteiger partial charge in [0, 0.05) is 5.54 Å². The summed E-state index contributed by atoms with van der Waals surface area (Å²) in [5, 5.41) is 3.00. The minimum Gasteiger partial charge on any atom is -0.450 e. The summed E-state index contributed by atoms with van der Waals surface area (Å²) in [5.74, 6) is 0.788. The number of nitrogens with one attached hydrogen (secondary N) is 1. The van der Waals surface area contributed by atoms with Gasteiger partial charge in [-0.25, -0.2) is 4.79 Å². The number of hydrogen-bond acceptors (Lipinski definition) is 2. The number of ether oxygens (including phenoxy) is 1. The first-order chi connectivity index (χ1) is 7.06. The number of carbonyl (C=O) groups is 1. The Morgan fingerprint density at radius 1 is 1.47 bits per heavy atom. The molecule has 88 valence electrons. The largest absolute Gasteiger partial charge is 0.450 e. The van der Waals surface area contributed by atoms with E-state index in [1.807, 2.05) is 6.92 Å². The second-order valence-electron chi connectivity index (χ2n) is 4.94. The van der Waals surface area contributed by atoms with Crippen molar-refractivity contribution in [3.8, 4) is 0 Å². The molecule has 0 radical (unpaired) electrons. The molecular formula is C12H23NO2. The average Bonchev–Trinajstić information content (AvgIpc) is 2.29. The third-order valence-corrected chi connectivity index (χ3v) is 3.29. The third kappa shape index (κ3) is 4.10. The first-order valence-corrected chi connectivity index (χ1v) is 6.00. The third-order valence-electron chi connectivity index (χ3n) is 3.29. The topological polar surface area (TPSA) is 38.3 Å². The van der Waals surface area contributed by atoms with Gasteiger partial charge in [0.05, 0.1) is 6.61 Å². The van der Waals surface area contributed by atoms with E-state index >= 15 is 0 Å². The monoisotopic (exact) mass is 213 g/mol. The Balaban J connectivity index is 2.46. The standard InChI is InChI=1S/C12H23NO2/c1-4-15-11(14)13-12(3)8-5-6-10(2)7-9-12/h10H,4-9H2,1-3H3,(H,13,14). The SMILES string of the molecule is CCOC(=O)NC1(C)CCCC(C)CC1. The number of hydrogen-bond donors (Lipinski definition) is 1. The number of rotatable bonds is 2. The summed E-state index contributed by atoms with van der Waals surface area (Å²) in [6, 6.07) is 0. The molecule has 0 spiro atoms. The summed E-state index contributed by atoms with van der Waals surface area (Å²) in [6.07, 6.45) is 5.53. The Hall–Kier alpha value is -0.730. The molecule has 1 fully saturated rings. The van der Waals surface area contributed by atoms with E-state index in [0.29, 0.717) is 6.61 Å². The molecule has 0 heterocycles. The molecule has 1 N–H and O–H groups in total. The zero-order valence-electron chi connectivity index (χ0n) is 10.1. The second kappa shape index (κ2) is 5.38. The van der Waals surface area contributed by atoms with E-state index in [-0.39, 0.29) is 11.6 Å². The smallest absolute Gasteiger partial charge is 0.407 e. The van der Waals surface area contributed by atoms with Gasteiger partial charge in [-0.15, -0.1) is 0 Å². The number of amides is 1. The van der Waals surface area contributed by atoms with Gasteiger partial charge < -0.3 is 10.1 Å². The maximum absolute atomic E-state index is 11.4. The highest BCUT2D eigenvalue weighted by molar-refractivity contribution is 5.68. The Bertz CT molecular complexity index is 218. The van der Waals surface area contributed by atoms with Gasteiger partial charge in [0.2, 0.25) is 0 Å². The average molecular weight is 213 g/mol. The quantitative estimate of drug-likeness (QED) is 0.716. The molecular weight excluding hydrogens is 190 g/mol. The lowest BCUT2D eigenvalue weighted by atomic mass is 9.92. The molecule has 0 aromatic heterocycles. The fourth-order valence-corrected chi connectivity index (χ4v) is 2.21. The van der Waals surface area contributed by atoms with Crippen LogP contribution in [0.25, 0.3) is 0 Å². The Labute approximate surface area is 92.6 Å². The molecule has 3 heteroatoms. The molecule has 1 saturated carbocycles. The maximum Gasteiger partial charge on any atom is 0.407 e. The van der Waals surface area contributed by atoms with Crippen molar-refractivity contribution in [1.82, 2.24) is 5.32 Å². The number of carbonyl (C=O) groups excluding carboxylic acids is 1. The van der Waals surface area contributed by atoms with E-state index in [1.165, 1.54) is 19.3 Å². The van der Waals surface area contributed by atoms with E-state index in [2.05, 4.69) is 19.2 Å². The summed E-state index contributed by atoms with van der Waals surface area (Å²) >= 11 is 0. The van der Waals surface area contributed by atoms with E-state index in [0.717, 1.165) is 18.8 Å². The van der Waals surface area contributed by atoms with Crippen molar-refractivity contribution in [3.63, 3.8) is 0 Å². The summed E-state index contributed by atoms with van der Waals surface area (Å²) in [7, 11) is 0. The van der Waals surface area contributed by atoms with Gasteiger partial charge in [0.1, 0.15) is 0 Å². The van der Waals surface area contributed by atoms with Crippen LogP contribution in [-0.4, -0.2) is 18.2 Å². The molecule has 0 aliphatic heterocycles. The Morgan fingerprint density at radius 2 is 2.20 bits per heavy atom. The van der Waals surface area contributed by atoms with Crippen LogP contribution in [0.15, 0.2) is 0 Å². The van der Waals surface area contributed by atoms with Crippen LogP contribution in [-0.2, 0) is 4.74 Å². The van der Waals surface area contributed by atoms with Crippen LogP contribution >= 0.6 is 0 Å². The van der Waals surface area contributed by atoms with Gasteiger partial charge >= 0.3 is 6.09 Å². The predicted octanol–water partition coefficient (Wildman–Crippen LogP) is 3.09. The van der Waals surface area contributed by atoms with Crippen molar-refractivity contribution in [2.24, 2.45) is 5.92 Å². The van der Waals surface area contributed by atoms with E-state index in [4.69, 9.17) is 4.74 Å². The predicted molar refractivity (Wildman–Crippen MR) is 60.8 cm³/mol. The summed E-state index contributed by atoms with van der Waals surface area (Å²) < 4.78 is 4.93. The highest BCUT2D eigenvalue weighted by Crippen LogP contribution is 2.29. The lowest BCUT2D eigenvalue weighted by molar-refractivity contribution is 0.136. The summed E-state index contributed by atoms with van der Waals surface area (Å²) in [4.78, 5) is 11.4. The van der Waals surface area contributed by atoms with Crippen LogP contribution < -0.4 is 5.32 Å². The lowest BCUT2D eigenvalue weighted by Gasteiger charge is -2.29. The van der Waals surface area contributed by atoms with Crippen LogP contribution in [0.2, 0.25) is 0 Å². The van der Waals surface area contributed by atoms with Crippen LogP contribution in [0, 0.1) is 5.92 Å². The van der Waals surface area contributed by atoms with Crippen molar-refractivity contribution in [3.05, 3.63) is 0 Å². The Kier molecular flexibility index (Phi) is 4.43. The molecule has 2 atom stereocenters. The molecule has 0 saturated heterocycles. The van der Waals surface area contributed by atoms with Crippen molar-refractivity contribution in [2.75, 3.05) is 6.61 Å². The van der Waals surface area contributed by atoms with Gasteiger partial charge in [-0.3, -0.25) is 0 Å². The van der Waals surface area contributed by atoms with Crippen LogP contribution in [0.4, 0.5) is 4.79 Å². The van der Waals surface area contributed by atoms with Crippen LogP contribution in [0.3, 0.4) is 0 Å². The zero-order chi connectivity index (χ0) is 11.3. The molecule has 0 bridgehead atoms. The maximum atomic E-state index is 11.4. The molecule has 1 aliphatic carbocycles. The van der Waals surface area contributed by atoms with Crippen molar-refractivity contribution in [1.29, 1.82) is 0 Å². The molecule has 1 rings (SSSR count). The van der Waals surface area contributed by atoms with Crippen LogP contribution in [0.1, 0.15) is 52.9 Å². The minimum atomic E-state index is -0.269. The van der Waals surface area contributed by atoms with Gasteiger partial charge in [-0.1, -0.05) is 19.8 Å². The zero-order valence-corrected chi connectivity index (χ0v) is 10.1. The lowest BCUT2D eigenvalue weighted by Crippen LogP contribution is -2.45. The van der Waals surface area contributed by atoms with E-state index in [9.17, 15) is 4.79 Å². The normalized spacial score (nSPS) is 31.8. The Morgan fingerprint density at radius 3 is 2.87 bits per heavy atom. The second-order valence-corrected chi connectivity index (χ2v) is 4.94. The van der Waals surface area contributed by atoms with E-state index < -0.39 is 0 Å². The van der Waals surface area contributed by atoms with Gasteiger partial charge in [-0.2, -0.15) is 0 Å². The van der Waals surface area contributed by atoms with Crippen molar-refractivity contribution in [2.45, 2.75) is 58.4 Å². The molecule has 3 nitrogen and oxygen atoms in total. The molecule has 1 aliphatic rings. The first-order valence-electron chi connectivity index (χ1n) is 6.00. The fraction of sp³-hybridized carbons (Fsp3) is 0.917. The molecule has 0 aromatic rings. The van der Waals surface area contributed by atoms with Crippen LogP contribution in [0.5, 0.6) is 0 Å². The molecule has 1 amide bonds. The molecule has 2 unspecified atom stereocenters. The fourth-order valence-electron chi connectivity index (χ4n) is 2.21. The van der Waals surface area contributed by atoms with Gasteiger partial charge in [0.15, 0.2) is 0 Å². The summed E-state index contributed by atoms with van der Waals surface area (Å²) in [5.41, 5.74) is -0.0585. The first kappa shape index (κ1) is 12.3. The minimum absolute atomic E-state index is 0.0585. The molecule has 0 aromatic carbocycles. The van der Waals surface area contributed by atoms with Crippen molar-refractivity contribution >= 4 is 6.09 Å². The highest BCUT2D eigenvalue weighted by Gasteiger charge is 2.29. The summed E-state index contributed by atoms with van der Waals surface area (Å²) in [6.45, 7) is 6.69. The van der Waals surface area contributed by atoms with E-state index in [1.54, 1.807) is 0 Å². The number of alkyl carbamates (subject to hydrolysis) is 1. The van der Waals surface area contributed by atoms with Gasteiger partial charge in [-0.05, 0) is 39.0 Å². The van der Waals surface area contributed by atoms with Gasteiger partial charge in [0.25, 0.3) is 0 Å². The van der Waals surface area contributed by atoms with Crippen molar-refractivity contribution < 1.29 is 9.53 Å². The highest BCUT2D eigenvalue weighted by atomic mass is 16.5.